The summed E-state index contributed by atoms with van der Waals surface area (Å²) in [5, 5.41) is 0. The van der Waals surface area contributed by atoms with Gasteiger partial charge in [-0.2, -0.15) is 0 Å². The molecular formula is C14H22O2. The summed E-state index contributed by atoms with van der Waals surface area (Å²) >= 11 is 0. The van der Waals surface area contributed by atoms with Gasteiger partial charge in [0, 0.05) is 0 Å². The molecule has 2 nitrogen and oxygen atoms in total. The van der Waals surface area contributed by atoms with Crippen LogP contribution >= 0.6 is 0 Å². The van der Waals surface area contributed by atoms with Gasteiger partial charge in [-0.25, -0.2) is 0 Å². The van der Waals surface area contributed by atoms with Gasteiger partial charge in [0.2, 0.25) is 0 Å². The SMILES string of the molecule is CCOC(=O)C1C=CCCC12CCCC2C. The fourth-order valence-electron chi connectivity index (χ4n) is 3.58. The number of ether oxygens (including phenoxy) is 1. The molecule has 1 fully saturated rings. The predicted molar refractivity (Wildman–Crippen MR) is 63.9 cm³/mol. The van der Waals surface area contributed by atoms with Crippen LogP contribution in [0.4, 0.5) is 0 Å². The van der Waals surface area contributed by atoms with Crippen molar-refractivity contribution in [3.63, 3.8) is 0 Å². The van der Waals surface area contributed by atoms with Gasteiger partial charge in [-0.05, 0) is 37.5 Å². The molecule has 0 aromatic heterocycles. The predicted octanol–water partition coefficient (Wildman–Crippen LogP) is 3.32. The number of hydrogen-bond acceptors (Lipinski definition) is 2. The molecule has 2 heteroatoms. The number of hydrogen-bond donors (Lipinski definition) is 0. The molecule has 0 bridgehead atoms. The molecule has 0 heterocycles. The summed E-state index contributed by atoms with van der Waals surface area (Å²) in [5.74, 6) is 0.665. The van der Waals surface area contributed by atoms with E-state index in [2.05, 4.69) is 19.1 Å². The summed E-state index contributed by atoms with van der Waals surface area (Å²) < 4.78 is 5.23. The van der Waals surface area contributed by atoms with Crippen LogP contribution in [-0.2, 0) is 9.53 Å². The van der Waals surface area contributed by atoms with Crippen LogP contribution in [0, 0.1) is 17.3 Å². The third kappa shape index (κ3) is 1.79. The lowest BCUT2D eigenvalue weighted by Gasteiger charge is -2.40. The van der Waals surface area contributed by atoms with Crippen LogP contribution in [0.3, 0.4) is 0 Å². The molecule has 1 spiro atoms. The van der Waals surface area contributed by atoms with Gasteiger partial charge in [-0.3, -0.25) is 4.79 Å². The Morgan fingerprint density at radius 3 is 2.94 bits per heavy atom. The summed E-state index contributed by atoms with van der Waals surface area (Å²) in [6, 6.07) is 0. The van der Waals surface area contributed by atoms with Crippen LogP contribution < -0.4 is 0 Å². The fraction of sp³-hybridized carbons (Fsp3) is 0.786. The third-order valence-electron chi connectivity index (χ3n) is 4.53. The van der Waals surface area contributed by atoms with Crippen LogP contribution in [0.2, 0.25) is 0 Å². The van der Waals surface area contributed by atoms with E-state index >= 15 is 0 Å². The maximum Gasteiger partial charge on any atom is 0.313 e. The molecule has 0 aromatic carbocycles. The highest BCUT2D eigenvalue weighted by atomic mass is 16.5. The first kappa shape index (κ1) is 11.7. The standard InChI is InChI=1S/C14H22O2/c1-3-16-13(15)12-8-4-5-9-14(12)10-6-7-11(14)2/h4,8,11-12H,3,5-7,9-10H2,1-2H3. The van der Waals surface area contributed by atoms with E-state index in [4.69, 9.17) is 4.74 Å². The van der Waals surface area contributed by atoms with Crippen molar-refractivity contribution in [3.8, 4) is 0 Å². The largest absolute Gasteiger partial charge is 0.466 e. The Morgan fingerprint density at radius 1 is 1.50 bits per heavy atom. The molecule has 16 heavy (non-hydrogen) atoms. The van der Waals surface area contributed by atoms with Crippen LogP contribution in [0.15, 0.2) is 12.2 Å². The molecule has 0 N–H and O–H groups in total. The first-order valence-electron chi connectivity index (χ1n) is 6.54. The van der Waals surface area contributed by atoms with E-state index in [1.807, 2.05) is 6.92 Å². The highest BCUT2D eigenvalue weighted by Gasteiger charge is 2.49. The highest BCUT2D eigenvalue weighted by molar-refractivity contribution is 5.76. The topological polar surface area (TPSA) is 26.3 Å². The van der Waals surface area contributed by atoms with Crippen molar-refractivity contribution < 1.29 is 9.53 Å². The number of carbonyl (C=O) groups excluding carboxylic acids is 1. The van der Waals surface area contributed by atoms with E-state index in [1.165, 1.54) is 19.3 Å². The fourth-order valence-corrected chi connectivity index (χ4v) is 3.58. The Morgan fingerprint density at radius 2 is 2.31 bits per heavy atom. The summed E-state index contributed by atoms with van der Waals surface area (Å²) in [5.41, 5.74) is 0.209. The molecule has 0 amide bonds. The Kier molecular flexibility index (Phi) is 3.36. The van der Waals surface area contributed by atoms with Gasteiger partial charge < -0.3 is 4.74 Å². The number of allylic oxidation sites excluding steroid dienone is 1. The zero-order valence-corrected chi connectivity index (χ0v) is 10.4. The molecule has 0 radical (unpaired) electrons. The second kappa shape index (κ2) is 4.60. The maximum atomic E-state index is 12.0. The second-order valence-corrected chi connectivity index (χ2v) is 5.22. The molecule has 3 atom stereocenters. The van der Waals surface area contributed by atoms with Gasteiger partial charge in [-0.15, -0.1) is 0 Å². The molecule has 0 saturated heterocycles. The maximum absolute atomic E-state index is 12.0. The zero-order chi connectivity index (χ0) is 11.6. The normalized spacial score (nSPS) is 37.9. The Labute approximate surface area is 98.1 Å². The Balaban J connectivity index is 2.22. The Bertz CT molecular complexity index is 295. The average molecular weight is 222 g/mol. The van der Waals surface area contributed by atoms with Gasteiger partial charge in [0.05, 0.1) is 12.5 Å². The summed E-state index contributed by atoms with van der Waals surface area (Å²) in [6.07, 6.45) is 10.3. The number of esters is 1. The zero-order valence-electron chi connectivity index (χ0n) is 10.4. The van der Waals surface area contributed by atoms with Crippen molar-refractivity contribution >= 4 is 5.97 Å². The lowest BCUT2D eigenvalue weighted by molar-refractivity contribution is -0.152. The minimum Gasteiger partial charge on any atom is -0.466 e. The van der Waals surface area contributed by atoms with Gasteiger partial charge >= 0.3 is 5.97 Å². The monoisotopic (exact) mass is 222 g/mol. The minimum atomic E-state index is -0.00722. The van der Waals surface area contributed by atoms with Crippen molar-refractivity contribution in [1.29, 1.82) is 0 Å². The van der Waals surface area contributed by atoms with Crippen LogP contribution in [0.5, 0.6) is 0 Å². The minimum absolute atomic E-state index is 0.00722. The van der Waals surface area contributed by atoms with Crippen LogP contribution in [0.25, 0.3) is 0 Å². The van der Waals surface area contributed by atoms with Gasteiger partial charge in [-0.1, -0.05) is 31.9 Å². The molecule has 2 rings (SSSR count). The van der Waals surface area contributed by atoms with E-state index in [-0.39, 0.29) is 17.3 Å². The average Bonchev–Trinajstić information content (AvgIpc) is 2.62. The molecule has 90 valence electrons. The van der Waals surface area contributed by atoms with Gasteiger partial charge in [0.25, 0.3) is 0 Å². The first-order valence-corrected chi connectivity index (χ1v) is 6.54. The molecule has 2 aliphatic carbocycles. The number of carbonyl (C=O) groups is 1. The summed E-state index contributed by atoms with van der Waals surface area (Å²) in [4.78, 5) is 12.0. The first-order chi connectivity index (χ1) is 7.70. The van der Waals surface area contributed by atoms with Crippen molar-refractivity contribution in [1.82, 2.24) is 0 Å². The summed E-state index contributed by atoms with van der Waals surface area (Å²) in [6.45, 7) is 4.68. The third-order valence-corrected chi connectivity index (χ3v) is 4.53. The van der Waals surface area contributed by atoms with Gasteiger partial charge in [0.1, 0.15) is 0 Å². The van der Waals surface area contributed by atoms with Gasteiger partial charge in [0.15, 0.2) is 0 Å². The smallest absolute Gasteiger partial charge is 0.313 e. The molecular weight excluding hydrogens is 200 g/mol. The van der Waals surface area contributed by atoms with E-state index in [0.717, 1.165) is 12.8 Å². The molecule has 1 saturated carbocycles. The van der Waals surface area contributed by atoms with Crippen molar-refractivity contribution in [3.05, 3.63) is 12.2 Å². The molecule has 0 aromatic rings. The van der Waals surface area contributed by atoms with Crippen LogP contribution in [0.1, 0.15) is 46.0 Å². The van der Waals surface area contributed by atoms with Crippen molar-refractivity contribution in [2.75, 3.05) is 6.61 Å². The lowest BCUT2D eigenvalue weighted by atomic mass is 9.63. The van der Waals surface area contributed by atoms with E-state index in [0.29, 0.717) is 12.5 Å². The van der Waals surface area contributed by atoms with E-state index in [9.17, 15) is 4.79 Å². The Hall–Kier alpha value is -0.790. The number of rotatable bonds is 2. The molecule has 2 aliphatic rings. The van der Waals surface area contributed by atoms with E-state index in [1.54, 1.807) is 0 Å². The van der Waals surface area contributed by atoms with E-state index < -0.39 is 0 Å². The quantitative estimate of drug-likeness (QED) is 0.529. The summed E-state index contributed by atoms with van der Waals surface area (Å²) in [7, 11) is 0. The van der Waals surface area contributed by atoms with Crippen LogP contribution in [-0.4, -0.2) is 12.6 Å². The lowest BCUT2D eigenvalue weighted by Crippen LogP contribution is -2.39. The van der Waals surface area contributed by atoms with Crippen molar-refractivity contribution in [2.24, 2.45) is 17.3 Å². The second-order valence-electron chi connectivity index (χ2n) is 5.22. The molecule has 3 unspecified atom stereocenters. The van der Waals surface area contributed by atoms with Crippen molar-refractivity contribution in [2.45, 2.75) is 46.0 Å². The molecule has 0 aliphatic heterocycles. The highest BCUT2D eigenvalue weighted by Crippen LogP contribution is 2.54.